The molecule has 0 unspecified atom stereocenters. The Hall–Kier alpha value is -1.06. The number of nitrogens with zero attached hydrogens (tertiary/aromatic N) is 2. The Morgan fingerprint density at radius 2 is 1.77 bits per heavy atom. The van der Waals surface area contributed by atoms with Gasteiger partial charge in [-0.3, -0.25) is 0 Å². The summed E-state index contributed by atoms with van der Waals surface area (Å²) in [6, 6.07) is 0. The van der Waals surface area contributed by atoms with Crippen molar-refractivity contribution < 1.29 is 28.1 Å². The summed E-state index contributed by atoms with van der Waals surface area (Å²) < 4.78 is 35.5. The van der Waals surface area contributed by atoms with E-state index in [2.05, 4.69) is 10.2 Å². The van der Waals surface area contributed by atoms with E-state index in [-0.39, 0.29) is 18.1 Å². The number of rotatable bonds is 1. The molecule has 0 saturated carbocycles. The molecule has 0 bridgehead atoms. The van der Waals surface area contributed by atoms with Crippen LogP contribution in [0.15, 0.2) is 4.42 Å². The molecule has 0 amide bonds. The summed E-state index contributed by atoms with van der Waals surface area (Å²) in [5.74, 6) is -2.15. The van der Waals surface area contributed by atoms with Crippen molar-refractivity contribution in [2.24, 2.45) is 0 Å². The number of hydrogen-bond donors (Lipinski definition) is 0. The largest absolute Gasteiger partial charge is 0.420 e. The summed E-state index contributed by atoms with van der Waals surface area (Å²) in [4.78, 5) is 0. The Morgan fingerprint density at radius 3 is 2.45 bits per heavy atom. The van der Waals surface area contributed by atoms with Crippen LogP contribution < -0.4 is 0 Å². The summed E-state index contributed by atoms with van der Waals surface area (Å²) in [6.45, 7) is 9.37. The molecule has 4 rings (SSSR count). The van der Waals surface area contributed by atoms with Gasteiger partial charge in [0.1, 0.15) is 12.2 Å². The summed E-state index contributed by atoms with van der Waals surface area (Å²) in [6.07, 6.45) is -1.12. The van der Waals surface area contributed by atoms with E-state index in [0.717, 1.165) is 0 Å². The average molecular weight is 312 g/mol. The molecule has 8 nitrogen and oxygen atoms in total. The lowest BCUT2D eigenvalue weighted by molar-refractivity contribution is -0.300. The van der Waals surface area contributed by atoms with Gasteiger partial charge in [0.05, 0.1) is 6.61 Å². The van der Waals surface area contributed by atoms with Crippen LogP contribution in [0, 0.1) is 6.92 Å². The van der Waals surface area contributed by atoms with Crippen LogP contribution in [-0.2, 0) is 29.5 Å². The molecule has 1 aromatic heterocycles. The molecule has 0 N–H and O–H groups in total. The minimum absolute atomic E-state index is 0.227. The first-order chi connectivity index (χ1) is 10.2. The van der Waals surface area contributed by atoms with Gasteiger partial charge in [0.25, 0.3) is 11.7 Å². The van der Waals surface area contributed by atoms with Gasteiger partial charge in [-0.05, 0) is 27.7 Å². The van der Waals surface area contributed by atoms with Crippen molar-refractivity contribution in [3.63, 3.8) is 0 Å². The van der Waals surface area contributed by atoms with Gasteiger partial charge < -0.3 is 28.1 Å². The molecule has 0 radical (unpaired) electrons. The average Bonchev–Trinajstić information content (AvgIpc) is 3.01. The second kappa shape index (κ2) is 4.27. The zero-order chi connectivity index (χ0) is 15.8. The van der Waals surface area contributed by atoms with Crippen molar-refractivity contribution in [1.82, 2.24) is 10.2 Å². The highest BCUT2D eigenvalue weighted by Crippen LogP contribution is 2.51. The predicted octanol–water partition coefficient (Wildman–Crippen LogP) is 1.23. The normalized spacial score (nSPS) is 42.1. The summed E-state index contributed by atoms with van der Waals surface area (Å²) in [5, 5.41) is 7.95. The molecule has 4 atom stereocenters. The molecule has 22 heavy (non-hydrogen) atoms. The lowest BCUT2D eigenvalue weighted by Crippen LogP contribution is -2.56. The Bertz CT molecular complexity index is 600. The second-order valence-corrected chi connectivity index (χ2v) is 6.78. The van der Waals surface area contributed by atoms with Gasteiger partial charge >= 0.3 is 0 Å². The number of aromatic nitrogens is 2. The summed E-state index contributed by atoms with van der Waals surface area (Å²) in [5.41, 5.74) is 0. The van der Waals surface area contributed by atoms with Gasteiger partial charge in [-0.15, -0.1) is 10.2 Å². The molecule has 0 spiro atoms. The zero-order valence-electron chi connectivity index (χ0n) is 13.3. The molecular formula is C14H20N2O6. The molecule has 3 saturated heterocycles. The van der Waals surface area contributed by atoms with E-state index >= 15 is 0 Å². The number of fused-ring (bicyclic) bond motifs is 3. The molecule has 0 aliphatic carbocycles. The number of ether oxygens (including phenoxy) is 5. The zero-order valence-corrected chi connectivity index (χ0v) is 13.3. The van der Waals surface area contributed by atoms with Gasteiger partial charge in [-0.2, -0.15) is 0 Å². The van der Waals surface area contributed by atoms with E-state index in [1.165, 1.54) is 0 Å². The molecule has 3 fully saturated rings. The third-order valence-corrected chi connectivity index (χ3v) is 3.99. The smallest absolute Gasteiger partial charge is 0.281 e. The van der Waals surface area contributed by atoms with Crippen molar-refractivity contribution in [2.75, 3.05) is 6.61 Å². The van der Waals surface area contributed by atoms with Crippen molar-refractivity contribution >= 4 is 0 Å². The van der Waals surface area contributed by atoms with Crippen LogP contribution in [0.25, 0.3) is 0 Å². The highest BCUT2D eigenvalue weighted by atomic mass is 16.9. The number of aryl methyl sites for hydroxylation is 1. The van der Waals surface area contributed by atoms with E-state index in [9.17, 15) is 0 Å². The van der Waals surface area contributed by atoms with Crippen LogP contribution in [-0.4, -0.2) is 46.7 Å². The fraction of sp³-hybridized carbons (Fsp3) is 0.857. The molecule has 122 valence electrons. The quantitative estimate of drug-likeness (QED) is 0.765. The molecule has 1 aromatic rings. The van der Waals surface area contributed by atoms with Crippen LogP contribution >= 0.6 is 0 Å². The lowest BCUT2D eigenvalue weighted by Gasteiger charge is -2.38. The first-order valence-electron chi connectivity index (χ1n) is 7.39. The van der Waals surface area contributed by atoms with Gasteiger partial charge in [0, 0.05) is 6.92 Å². The maximum atomic E-state index is 6.05. The van der Waals surface area contributed by atoms with E-state index in [0.29, 0.717) is 12.5 Å². The minimum Gasteiger partial charge on any atom is -0.420 e. The van der Waals surface area contributed by atoms with E-state index in [1.807, 2.05) is 27.7 Å². The van der Waals surface area contributed by atoms with Crippen molar-refractivity contribution in [2.45, 2.75) is 70.3 Å². The van der Waals surface area contributed by atoms with Crippen molar-refractivity contribution in [3.8, 4) is 0 Å². The SMILES string of the molecule is Cc1nnc([C@@]23OC[C@H]4OC(C)(C)O[C@H]4[C@@H]2OC(C)(C)O3)o1. The van der Waals surface area contributed by atoms with E-state index in [4.69, 9.17) is 28.1 Å². The Kier molecular flexibility index (Phi) is 2.82. The third-order valence-electron chi connectivity index (χ3n) is 3.99. The standard InChI is InChI=1S/C14H20N2O6/c1-7-15-16-11(18-7)14-10(21-13(4,5)22-14)9-8(6-17-14)19-12(2,3)20-9/h8-10H,6H2,1-5H3/t8-,9-,10+,14-/m1/s1. The maximum absolute atomic E-state index is 6.05. The fourth-order valence-corrected chi connectivity index (χ4v) is 3.34. The third kappa shape index (κ3) is 2.02. The van der Waals surface area contributed by atoms with Gasteiger partial charge in [0.15, 0.2) is 17.7 Å². The molecule has 0 aromatic carbocycles. The minimum atomic E-state index is -1.27. The summed E-state index contributed by atoms with van der Waals surface area (Å²) in [7, 11) is 0. The highest BCUT2D eigenvalue weighted by Gasteiger charge is 2.68. The van der Waals surface area contributed by atoms with Crippen LogP contribution in [0.1, 0.15) is 39.5 Å². The fourth-order valence-electron chi connectivity index (χ4n) is 3.34. The number of hydrogen-bond acceptors (Lipinski definition) is 8. The topological polar surface area (TPSA) is 85.1 Å². The maximum Gasteiger partial charge on any atom is 0.281 e. The van der Waals surface area contributed by atoms with Crippen LogP contribution in [0.5, 0.6) is 0 Å². The first-order valence-corrected chi connectivity index (χ1v) is 7.39. The Labute approximate surface area is 128 Å². The van der Waals surface area contributed by atoms with Gasteiger partial charge in [0.2, 0.25) is 5.89 Å². The molecular weight excluding hydrogens is 292 g/mol. The molecule has 3 aliphatic rings. The van der Waals surface area contributed by atoms with E-state index in [1.54, 1.807) is 6.92 Å². The molecule has 4 heterocycles. The lowest BCUT2D eigenvalue weighted by atomic mass is 9.97. The second-order valence-electron chi connectivity index (χ2n) is 6.78. The highest BCUT2D eigenvalue weighted by molar-refractivity contribution is 5.09. The molecule has 8 heteroatoms. The van der Waals surface area contributed by atoms with Gasteiger partial charge in [-0.1, -0.05) is 0 Å². The predicted molar refractivity (Wildman–Crippen MR) is 70.5 cm³/mol. The van der Waals surface area contributed by atoms with Gasteiger partial charge in [-0.25, -0.2) is 0 Å². The van der Waals surface area contributed by atoms with Crippen LogP contribution in [0.4, 0.5) is 0 Å². The molecule has 3 aliphatic heterocycles. The Morgan fingerprint density at radius 1 is 1.00 bits per heavy atom. The van der Waals surface area contributed by atoms with Crippen molar-refractivity contribution in [1.29, 1.82) is 0 Å². The monoisotopic (exact) mass is 312 g/mol. The Balaban J connectivity index is 1.76. The van der Waals surface area contributed by atoms with Crippen LogP contribution in [0.2, 0.25) is 0 Å². The van der Waals surface area contributed by atoms with E-state index < -0.39 is 23.5 Å². The van der Waals surface area contributed by atoms with Crippen LogP contribution in [0.3, 0.4) is 0 Å². The first kappa shape index (κ1) is 14.5. The summed E-state index contributed by atoms with van der Waals surface area (Å²) >= 11 is 0. The van der Waals surface area contributed by atoms with Crippen molar-refractivity contribution in [3.05, 3.63) is 11.8 Å².